The number of rotatable bonds is 30. The molecular formula is C66H90N6O6. The fourth-order valence-electron chi connectivity index (χ4n) is 10.4. The van der Waals surface area contributed by atoms with Crippen molar-refractivity contribution in [1.82, 2.24) is 0 Å². The summed E-state index contributed by atoms with van der Waals surface area (Å²) in [7, 11) is 0. The molecule has 6 aromatic rings. The van der Waals surface area contributed by atoms with Crippen LogP contribution in [-0.4, -0.2) is 78.9 Å². The van der Waals surface area contributed by atoms with Gasteiger partial charge in [0.25, 0.3) is 0 Å². The Kier molecular flexibility index (Phi) is 25.5. The molecule has 7 rings (SSSR count). The predicted octanol–water partition coefficient (Wildman–Crippen LogP) is 10.3. The molecule has 0 saturated heterocycles. The number of unbranched alkanes of at least 4 members (excludes halogenated alkanes) is 6. The van der Waals surface area contributed by atoms with E-state index in [1.54, 1.807) is 0 Å². The van der Waals surface area contributed by atoms with Crippen LogP contribution in [0.3, 0.4) is 0 Å². The highest BCUT2D eigenvalue weighted by Crippen LogP contribution is 2.40. The zero-order valence-electron chi connectivity index (χ0n) is 46.5. The van der Waals surface area contributed by atoms with Gasteiger partial charge in [0, 0.05) is 38.5 Å². The van der Waals surface area contributed by atoms with Gasteiger partial charge in [-0.05, 0) is 183 Å². The summed E-state index contributed by atoms with van der Waals surface area (Å²) in [4.78, 5) is 0. The minimum Gasteiger partial charge on any atom is -0.493 e. The van der Waals surface area contributed by atoms with Crippen molar-refractivity contribution in [3.63, 3.8) is 0 Å². The molecule has 12 bridgehead atoms. The first-order valence-electron chi connectivity index (χ1n) is 29.1. The Morgan fingerprint density at radius 3 is 0.449 bits per heavy atom. The van der Waals surface area contributed by atoms with E-state index in [9.17, 15) is 0 Å². The maximum atomic E-state index is 6.91. The van der Waals surface area contributed by atoms with Gasteiger partial charge in [-0.3, -0.25) is 0 Å². The Bertz CT molecular complexity index is 2130. The molecule has 0 fully saturated rings. The van der Waals surface area contributed by atoms with Crippen LogP contribution in [0.1, 0.15) is 144 Å². The van der Waals surface area contributed by atoms with Crippen molar-refractivity contribution in [2.45, 2.75) is 116 Å². The van der Waals surface area contributed by atoms with E-state index < -0.39 is 0 Å². The number of hydrogen-bond donors (Lipinski definition) is 6. The molecule has 0 aliphatic heterocycles. The summed E-state index contributed by atoms with van der Waals surface area (Å²) in [5.41, 5.74) is 49.1. The van der Waals surface area contributed by atoms with E-state index in [1.165, 1.54) is 0 Å². The second-order valence-corrected chi connectivity index (χ2v) is 20.6. The molecule has 0 atom stereocenters. The van der Waals surface area contributed by atoms with Crippen LogP contribution in [0, 0.1) is 0 Å². The second kappa shape index (κ2) is 33.3. The van der Waals surface area contributed by atoms with Crippen LogP contribution in [-0.2, 0) is 38.5 Å². The van der Waals surface area contributed by atoms with Crippen molar-refractivity contribution in [2.24, 2.45) is 34.4 Å². The zero-order chi connectivity index (χ0) is 54.6. The molecule has 420 valence electrons. The van der Waals surface area contributed by atoms with Crippen LogP contribution < -0.4 is 62.8 Å². The van der Waals surface area contributed by atoms with Crippen molar-refractivity contribution in [3.8, 4) is 34.5 Å². The lowest BCUT2D eigenvalue weighted by Crippen LogP contribution is -2.11. The molecule has 0 aromatic heterocycles. The third-order valence-corrected chi connectivity index (χ3v) is 14.4. The van der Waals surface area contributed by atoms with E-state index >= 15 is 0 Å². The quantitative estimate of drug-likeness (QED) is 0.0232. The van der Waals surface area contributed by atoms with Gasteiger partial charge in [0.1, 0.15) is 34.5 Å². The molecular weight excluding hydrogens is 973 g/mol. The highest BCUT2D eigenvalue weighted by atomic mass is 16.5. The number of hydrogen-bond acceptors (Lipinski definition) is 12. The molecule has 12 heteroatoms. The van der Waals surface area contributed by atoms with Gasteiger partial charge < -0.3 is 62.8 Å². The first-order chi connectivity index (χ1) is 38.5. The van der Waals surface area contributed by atoms with E-state index in [0.29, 0.717) is 117 Å². The molecule has 1 aliphatic rings. The number of para-hydroxylation sites is 6. The van der Waals surface area contributed by atoms with Crippen LogP contribution in [0.25, 0.3) is 0 Å². The van der Waals surface area contributed by atoms with E-state index in [2.05, 4.69) is 109 Å². The number of ether oxygens (including phenoxy) is 6. The second-order valence-electron chi connectivity index (χ2n) is 20.6. The fraction of sp³-hybridized carbons (Fsp3) is 0.455. The summed E-state index contributed by atoms with van der Waals surface area (Å²) >= 11 is 0. The van der Waals surface area contributed by atoms with E-state index in [1.807, 2.05) is 0 Å². The molecule has 0 radical (unpaired) electrons. The summed E-state index contributed by atoms with van der Waals surface area (Å²) in [5, 5.41) is 0. The summed E-state index contributed by atoms with van der Waals surface area (Å²) in [5.74, 6) is 5.31. The summed E-state index contributed by atoms with van der Waals surface area (Å²) in [6.45, 7) is 6.94. The van der Waals surface area contributed by atoms with Crippen molar-refractivity contribution >= 4 is 0 Å². The van der Waals surface area contributed by atoms with Crippen LogP contribution in [0.2, 0.25) is 0 Å². The van der Waals surface area contributed by atoms with Gasteiger partial charge >= 0.3 is 0 Å². The zero-order valence-corrected chi connectivity index (χ0v) is 46.5. The van der Waals surface area contributed by atoms with Crippen LogP contribution in [0.5, 0.6) is 34.5 Å². The van der Waals surface area contributed by atoms with E-state index in [0.717, 1.165) is 178 Å². The maximum Gasteiger partial charge on any atom is 0.126 e. The highest BCUT2D eigenvalue weighted by molar-refractivity contribution is 5.57. The van der Waals surface area contributed by atoms with Gasteiger partial charge in [0.15, 0.2) is 0 Å². The standard InChI is InChI=1S/C66H90N6O6/c67-31-1-7-37-73-61-49-19-13-20-50(61)44-52-22-15-24-54(63(52)75-39-9-3-33-69)46-56-26-17-28-58(65(56)77-41-11-5-35-71)48-60-30-18-29-59(66(60)78-42-12-6-36-72)47-57-27-16-25-55(64(57)76-40-10-4-34-70)45-53-23-14-21-51(43-49)62(53)74-38-8-2-32-68/h13-30H,1-12,31-48,67-72H2. The summed E-state index contributed by atoms with van der Waals surface area (Å²) in [6, 6.07) is 39.3. The van der Waals surface area contributed by atoms with Crippen LogP contribution >= 0.6 is 0 Å². The molecule has 1 aliphatic carbocycles. The maximum absolute atomic E-state index is 6.91. The largest absolute Gasteiger partial charge is 0.493 e. The molecule has 0 unspecified atom stereocenters. The Morgan fingerprint density at radius 2 is 0.333 bits per heavy atom. The highest BCUT2D eigenvalue weighted by Gasteiger charge is 2.23. The average Bonchev–Trinajstić information content (AvgIpc) is 3.47. The third-order valence-electron chi connectivity index (χ3n) is 14.4. The predicted molar refractivity (Wildman–Crippen MR) is 318 cm³/mol. The summed E-state index contributed by atoms with van der Waals surface area (Å²) < 4.78 is 41.5. The first kappa shape index (κ1) is 59.5. The monoisotopic (exact) mass is 1060 g/mol. The molecule has 78 heavy (non-hydrogen) atoms. The minimum absolute atomic E-state index is 0.548. The van der Waals surface area contributed by atoms with Gasteiger partial charge in [0.05, 0.1) is 39.6 Å². The van der Waals surface area contributed by atoms with Crippen LogP contribution in [0.15, 0.2) is 109 Å². The van der Waals surface area contributed by atoms with E-state index in [4.69, 9.17) is 62.8 Å². The smallest absolute Gasteiger partial charge is 0.126 e. The minimum atomic E-state index is 0.548. The summed E-state index contributed by atoms with van der Waals surface area (Å²) in [6.07, 6.45) is 13.9. The topological polar surface area (TPSA) is 212 Å². The normalized spacial score (nSPS) is 12.4. The van der Waals surface area contributed by atoms with Crippen molar-refractivity contribution in [2.75, 3.05) is 78.9 Å². The van der Waals surface area contributed by atoms with Gasteiger partial charge in [-0.2, -0.15) is 0 Å². The van der Waals surface area contributed by atoms with Crippen molar-refractivity contribution in [1.29, 1.82) is 0 Å². The molecule has 12 nitrogen and oxygen atoms in total. The molecule has 0 amide bonds. The van der Waals surface area contributed by atoms with Crippen molar-refractivity contribution in [3.05, 3.63) is 176 Å². The van der Waals surface area contributed by atoms with Gasteiger partial charge in [0.2, 0.25) is 0 Å². The SMILES string of the molecule is NCCCCOc1c2cccc1Cc1cccc(c1OCCCCN)Cc1cccc(c1OCCCCN)Cc1cccc(c1OCCCCN)Cc1cccc(c1OCCCCN)Cc1cccc(c1OCCCCN)C2. The fourth-order valence-corrected chi connectivity index (χ4v) is 10.4. The Labute approximate surface area is 465 Å². The van der Waals surface area contributed by atoms with Crippen molar-refractivity contribution < 1.29 is 28.4 Å². The molecule has 0 saturated carbocycles. The molecule has 0 heterocycles. The average molecular weight is 1060 g/mol. The van der Waals surface area contributed by atoms with Gasteiger partial charge in [-0.25, -0.2) is 0 Å². The Morgan fingerprint density at radius 1 is 0.205 bits per heavy atom. The van der Waals surface area contributed by atoms with Gasteiger partial charge in [-0.15, -0.1) is 0 Å². The lowest BCUT2D eigenvalue weighted by molar-refractivity contribution is 0.296. The van der Waals surface area contributed by atoms with E-state index in [-0.39, 0.29) is 0 Å². The Hall–Kier alpha value is -6.12. The first-order valence-corrected chi connectivity index (χ1v) is 29.1. The number of nitrogens with two attached hydrogens (primary N) is 6. The van der Waals surface area contributed by atoms with Crippen LogP contribution in [0.4, 0.5) is 0 Å². The molecule has 0 spiro atoms. The molecule has 12 N–H and O–H groups in total. The third kappa shape index (κ3) is 17.4. The van der Waals surface area contributed by atoms with Gasteiger partial charge in [-0.1, -0.05) is 109 Å². The lowest BCUT2D eigenvalue weighted by atomic mass is 9.91. The lowest BCUT2D eigenvalue weighted by Gasteiger charge is -2.23. The Balaban J connectivity index is 1.45. The molecule has 6 aromatic carbocycles. The number of benzene rings is 6. The number of fused-ring (bicyclic) bond motifs is 12.